The third kappa shape index (κ3) is 2.58. The molecular formula is C9H10FO. The van der Waals surface area contributed by atoms with Crippen molar-refractivity contribution in [1.29, 1.82) is 0 Å². The monoisotopic (exact) mass is 153 g/mol. The van der Waals surface area contributed by atoms with Gasteiger partial charge >= 0.3 is 0 Å². The molecule has 2 heteroatoms. The predicted octanol–water partition coefficient (Wildman–Crippen LogP) is 2.57. The molecule has 0 aliphatic carbocycles. The van der Waals surface area contributed by atoms with Gasteiger partial charge in [0, 0.05) is 6.42 Å². The highest BCUT2D eigenvalue weighted by Gasteiger charge is 2.02. The van der Waals surface area contributed by atoms with Crippen molar-refractivity contribution in [2.75, 3.05) is 0 Å². The first-order valence-corrected chi connectivity index (χ1v) is 3.59. The van der Waals surface area contributed by atoms with Gasteiger partial charge in [-0.15, -0.1) is 0 Å². The van der Waals surface area contributed by atoms with Crippen molar-refractivity contribution < 1.29 is 9.13 Å². The van der Waals surface area contributed by atoms with Crippen LogP contribution < -0.4 is 4.74 Å². The first-order chi connectivity index (χ1) is 5.33. The van der Waals surface area contributed by atoms with E-state index < -0.39 is 6.36 Å². The molecule has 0 bridgehead atoms. The van der Waals surface area contributed by atoms with Gasteiger partial charge in [0.2, 0.25) is 6.36 Å². The maximum Gasteiger partial charge on any atom is 0.238 e. The standard InChI is InChI=1S/C9H10FO/c1-2-9(10)11-8-6-4-3-5-7-8/h4-7,9H,2H2,1H3. The zero-order valence-electron chi connectivity index (χ0n) is 6.38. The fourth-order valence-electron chi connectivity index (χ4n) is 0.681. The fourth-order valence-corrected chi connectivity index (χ4v) is 0.681. The van der Waals surface area contributed by atoms with Gasteiger partial charge < -0.3 is 4.74 Å². The van der Waals surface area contributed by atoms with Gasteiger partial charge in [-0.3, -0.25) is 0 Å². The number of alkyl halides is 1. The maximum absolute atomic E-state index is 12.6. The number of rotatable bonds is 3. The summed E-state index contributed by atoms with van der Waals surface area (Å²) in [5, 5.41) is 0. The minimum atomic E-state index is -1.20. The molecule has 0 aliphatic heterocycles. The van der Waals surface area contributed by atoms with Crippen LogP contribution in [-0.2, 0) is 0 Å². The zero-order valence-corrected chi connectivity index (χ0v) is 6.38. The summed E-state index contributed by atoms with van der Waals surface area (Å²) >= 11 is 0. The van der Waals surface area contributed by atoms with E-state index in [0.29, 0.717) is 12.2 Å². The van der Waals surface area contributed by atoms with Gasteiger partial charge in [-0.05, 0) is 18.2 Å². The molecule has 1 atom stereocenters. The van der Waals surface area contributed by atoms with Crippen molar-refractivity contribution in [3.05, 3.63) is 30.3 Å². The van der Waals surface area contributed by atoms with Gasteiger partial charge in [-0.2, -0.15) is 0 Å². The van der Waals surface area contributed by atoms with Gasteiger partial charge in [0.05, 0.1) is 0 Å². The Morgan fingerprint density at radius 1 is 1.55 bits per heavy atom. The molecule has 11 heavy (non-hydrogen) atoms. The van der Waals surface area contributed by atoms with Crippen LogP contribution >= 0.6 is 0 Å². The molecule has 0 aromatic heterocycles. The van der Waals surface area contributed by atoms with E-state index in [-0.39, 0.29) is 0 Å². The Balaban J connectivity index is 2.51. The average Bonchev–Trinajstić information content (AvgIpc) is 2.06. The van der Waals surface area contributed by atoms with Crippen LogP contribution in [0.4, 0.5) is 4.39 Å². The molecule has 0 fully saturated rings. The highest BCUT2D eigenvalue weighted by molar-refractivity contribution is 5.20. The van der Waals surface area contributed by atoms with E-state index in [0.717, 1.165) is 0 Å². The van der Waals surface area contributed by atoms with Crippen molar-refractivity contribution in [3.63, 3.8) is 0 Å². The Labute approximate surface area is 65.8 Å². The van der Waals surface area contributed by atoms with Crippen molar-refractivity contribution in [3.8, 4) is 5.75 Å². The molecule has 1 nitrogen and oxygen atoms in total. The summed E-state index contributed by atoms with van der Waals surface area (Å²) in [7, 11) is 0. The third-order valence-corrected chi connectivity index (χ3v) is 1.27. The van der Waals surface area contributed by atoms with Crippen LogP contribution in [-0.4, -0.2) is 6.36 Å². The summed E-state index contributed by atoms with van der Waals surface area (Å²) < 4.78 is 17.5. The Morgan fingerprint density at radius 3 is 2.73 bits per heavy atom. The number of hydrogen-bond acceptors (Lipinski definition) is 1. The lowest BCUT2D eigenvalue weighted by Gasteiger charge is -2.07. The lowest BCUT2D eigenvalue weighted by atomic mass is 10.3. The lowest BCUT2D eigenvalue weighted by Crippen LogP contribution is -2.07. The van der Waals surface area contributed by atoms with Crippen LogP contribution in [0.3, 0.4) is 0 Å². The second-order valence-corrected chi connectivity index (χ2v) is 2.17. The first-order valence-electron chi connectivity index (χ1n) is 3.59. The molecule has 1 rings (SSSR count). The SMILES string of the molecule is CCC(F)Oc1cc[c]cc1. The van der Waals surface area contributed by atoms with Crippen LogP contribution in [0.1, 0.15) is 13.3 Å². The highest BCUT2D eigenvalue weighted by Crippen LogP contribution is 2.12. The zero-order chi connectivity index (χ0) is 8.10. The molecule has 1 aromatic carbocycles. The number of hydrogen-bond donors (Lipinski definition) is 0. The second kappa shape index (κ2) is 3.96. The van der Waals surface area contributed by atoms with Gasteiger partial charge in [0.1, 0.15) is 5.75 Å². The summed E-state index contributed by atoms with van der Waals surface area (Å²) in [4.78, 5) is 0. The molecule has 1 unspecified atom stereocenters. The molecule has 0 saturated carbocycles. The summed E-state index contributed by atoms with van der Waals surface area (Å²) in [6.07, 6.45) is -0.823. The average molecular weight is 153 g/mol. The van der Waals surface area contributed by atoms with E-state index >= 15 is 0 Å². The summed E-state index contributed by atoms with van der Waals surface area (Å²) in [6, 6.07) is 9.57. The quantitative estimate of drug-likeness (QED) is 0.648. The smallest absolute Gasteiger partial charge is 0.238 e. The molecule has 0 heterocycles. The first kappa shape index (κ1) is 8.05. The molecule has 59 valence electrons. The third-order valence-electron chi connectivity index (χ3n) is 1.27. The molecular weight excluding hydrogens is 143 g/mol. The minimum absolute atomic E-state index is 0.374. The van der Waals surface area contributed by atoms with Crippen molar-refractivity contribution in [2.45, 2.75) is 19.7 Å². The Morgan fingerprint density at radius 2 is 2.18 bits per heavy atom. The summed E-state index contributed by atoms with van der Waals surface area (Å²) in [6.45, 7) is 1.74. The van der Waals surface area contributed by atoms with Crippen molar-refractivity contribution in [2.24, 2.45) is 0 Å². The Hall–Kier alpha value is -1.05. The second-order valence-electron chi connectivity index (χ2n) is 2.17. The van der Waals surface area contributed by atoms with Crippen LogP contribution in [0.15, 0.2) is 24.3 Å². The van der Waals surface area contributed by atoms with Gasteiger partial charge in [-0.25, -0.2) is 4.39 Å². The van der Waals surface area contributed by atoms with Crippen LogP contribution in [0.2, 0.25) is 0 Å². The topological polar surface area (TPSA) is 9.23 Å². The molecule has 0 spiro atoms. The molecule has 0 aliphatic rings. The fraction of sp³-hybridized carbons (Fsp3) is 0.333. The highest BCUT2D eigenvalue weighted by atomic mass is 19.1. The van der Waals surface area contributed by atoms with E-state index in [1.807, 2.05) is 0 Å². The largest absolute Gasteiger partial charge is 0.460 e. The van der Waals surface area contributed by atoms with E-state index in [1.54, 1.807) is 31.2 Å². The van der Waals surface area contributed by atoms with Crippen LogP contribution in [0.25, 0.3) is 0 Å². The van der Waals surface area contributed by atoms with Crippen LogP contribution in [0.5, 0.6) is 5.75 Å². The van der Waals surface area contributed by atoms with E-state index in [9.17, 15) is 4.39 Å². The van der Waals surface area contributed by atoms with E-state index in [4.69, 9.17) is 4.74 Å². The Bertz CT molecular complexity index is 198. The van der Waals surface area contributed by atoms with Gasteiger partial charge in [-0.1, -0.05) is 19.1 Å². The predicted molar refractivity (Wildman–Crippen MR) is 41.1 cm³/mol. The number of halogens is 1. The molecule has 0 N–H and O–H groups in total. The Kier molecular flexibility index (Phi) is 2.90. The number of ether oxygens (including phenoxy) is 1. The lowest BCUT2D eigenvalue weighted by molar-refractivity contribution is 0.0642. The van der Waals surface area contributed by atoms with Gasteiger partial charge in [0.15, 0.2) is 0 Å². The van der Waals surface area contributed by atoms with Crippen molar-refractivity contribution in [1.82, 2.24) is 0 Å². The van der Waals surface area contributed by atoms with Crippen molar-refractivity contribution >= 4 is 0 Å². The molecule has 0 saturated heterocycles. The number of benzene rings is 1. The van der Waals surface area contributed by atoms with Gasteiger partial charge in [0.25, 0.3) is 0 Å². The summed E-state index contributed by atoms with van der Waals surface area (Å²) in [5.41, 5.74) is 0. The normalized spacial score (nSPS) is 12.5. The van der Waals surface area contributed by atoms with Crippen LogP contribution in [0, 0.1) is 6.07 Å². The maximum atomic E-state index is 12.6. The molecule has 0 amide bonds. The summed E-state index contributed by atoms with van der Waals surface area (Å²) in [5.74, 6) is 0.554. The van der Waals surface area contributed by atoms with E-state index in [1.165, 1.54) is 0 Å². The van der Waals surface area contributed by atoms with E-state index in [2.05, 4.69) is 6.07 Å². The minimum Gasteiger partial charge on any atom is -0.460 e. The molecule has 1 aromatic rings. The molecule has 1 radical (unpaired) electrons.